The van der Waals surface area contributed by atoms with Crippen LogP contribution in [0.5, 0.6) is 0 Å². The van der Waals surface area contributed by atoms with E-state index in [1.165, 1.54) is 25.4 Å². The van der Waals surface area contributed by atoms with Gasteiger partial charge in [0.2, 0.25) is 5.91 Å². The van der Waals surface area contributed by atoms with Crippen LogP contribution in [0.1, 0.15) is 49.2 Å². The maximum absolute atomic E-state index is 12.7. The maximum atomic E-state index is 12.7. The van der Waals surface area contributed by atoms with Gasteiger partial charge in [0.15, 0.2) is 0 Å². The number of ether oxygens (including phenoxy) is 1. The van der Waals surface area contributed by atoms with Crippen molar-refractivity contribution in [2.75, 3.05) is 19.0 Å². The number of rotatable bonds is 3. The van der Waals surface area contributed by atoms with Crippen molar-refractivity contribution in [2.45, 2.75) is 33.7 Å². The van der Waals surface area contributed by atoms with E-state index in [0.29, 0.717) is 35.6 Å². The Morgan fingerprint density at radius 3 is 2.41 bits per heavy atom. The second kappa shape index (κ2) is 7.52. The topological polar surface area (TPSA) is 75.7 Å². The van der Waals surface area contributed by atoms with E-state index in [4.69, 9.17) is 4.74 Å². The van der Waals surface area contributed by atoms with Gasteiger partial charge in [-0.15, -0.1) is 11.3 Å². The third-order valence-corrected chi connectivity index (χ3v) is 5.73. The Balaban J connectivity index is 1.96. The van der Waals surface area contributed by atoms with Gasteiger partial charge in [0.1, 0.15) is 5.00 Å². The van der Waals surface area contributed by atoms with Gasteiger partial charge >= 0.3 is 5.97 Å². The van der Waals surface area contributed by atoms with Crippen LogP contribution in [0.2, 0.25) is 0 Å². The summed E-state index contributed by atoms with van der Waals surface area (Å²) >= 11 is 1.33. The number of hydrogen-bond donors (Lipinski definition) is 1. The fourth-order valence-electron chi connectivity index (χ4n) is 3.36. The van der Waals surface area contributed by atoms with E-state index >= 15 is 0 Å². The normalized spacial score (nSPS) is 13.1. The van der Waals surface area contributed by atoms with Crippen LogP contribution in [0.15, 0.2) is 18.2 Å². The van der Waals surface area contributed by atoms with Crippen molar-refractivity contribution >= 4 is 34.1 Å². The quantitative estimate of drug-likeness (QED) is 0.821. The van der Waals surface area contributed by atoms with Crippen molar-refractivity contribution in [1.82, 2.24) is 4.90 Å². The van der Waals surface area contributed by atoms with E-state index < -0.39 is 5.97 Å². The lowest BCUT2D eigenvalue weighted by Gasteiger charge is -2.25. The zero-order valence-corrected chi connectivity index (χ0v) is 16.7. The summed E-state index contributed by atoms with van der Waals surface area (Å²) < 4.78 is 4.94. The molecule has 0 spiro atoms. The van der Waals surface area contributed by atoms with E-state index in [2.05, 4.69) is 5.32 Å². The molecule has 1 aliphatic heterocycles. The molecule has 1 aromatic heterocycles. The zero-order chi connectivity index (χ0) is 19.7. The van der Waals surface area contributed by atoms with Crippen LogP contribution < -0.4 is 5.32 Å². The summed E-state index contributed by atoms with van der Waals surface area (Å²) in [7, 11) is 1.33. The highest BCUT2D eigenvalue weighted by Crippen LogP contribution is 2.38. The molecule has 0 saturated carbocycles. The first-order chi connectivity index (χ1) is 12.8. The van der Waals surface area contributed by atoms with Crippen molar-refractivity contribution in [3.05, 3.63) is 50.9 Å². The molecule has 0 fully saturated rings. The summed E-state index contributed by atoms with van der Waals surface area (Å²) in [4.78, 5) is 39.4. The number of esters is 1. The minimum absolute atomic E-state index is 0.00510. The monoisotopic (exact) mass is 386 g/mol. The number of aryl methyl sites for hydroxylation is 2. The highest BCUT2D eigenvalue weighted by atomic mass is 32.1. The SMILES string of the molecule is COC(=O)c1c(NC(=O)c2cc(C)cc(C)c2)sc2c1CCN(C(C)=O)C2. The number of benzene rings is 1. The fraction of sp³-hybridized carbons (Fsp3) is 0.350. The van der Waals surface area contributed by atoms with Gasteiger partial charge in [-0.25, -0.2) is 4.79 Å². The van der Waals surface area contributed by atoms with E-state index in [1.807, 2.05) is 32.0 Å². The number of nitrogens with one attached hydrogen (secondary N) is 1. The van der Waals surface area contributed by atoms with E-state index in [0.717, 1.165) is 21.6 Å². The molecule has 0 unspecified atom stereocenters. The third-order valence-electron chi connectivity index (χ3n) is 4.60. The predicted octanol–water partition coefficient (Wildman–Crippen LogP) is 3.31. The Labute approximate surface area is 162 Å². The van der Waals surface area contributed by atoms with Crippen LogP contribution in [-0.4, -0.2) is 36.3 Å². The lowest BCUT2D eigenvalue weighted by atomic mass is 10.0. The van der Waals surface area contributed by atoms with Crippen LogP contribution in [0, 0.1) is 13.8 Å². The molecule has 6 nitrogen and oxygen atoms in total. The van der Waals surface area contributed by atoms with Gasteiger partial charge < -0.3 is 15.0 Å². The molecule has 1 aromatic carbocycles. The van der Waals surface area contributed by atoms with Crippen molar-refractivity contribution in [3.8, 4) is 0 Å². The molecule has 0 bridgehead atoms. The molecule has 27 heavy (non-hydrogen) atoms. The Bertz CT molecular complexity index is 912. The van der Waals surface area contributed by atoms with Crippen molar-refractivity contribution in [1.29, 1.82) is 0 Å². The van der Waals surface area contributed by atoms with E-state index in [9.17, 15) is 14.4 Å². The first-order valence-corrected chi connectivity index (χ1v) is 9.49. The minimum Gasteiger partial charge on any atom is -0.465 e. The maximum Gasteiger partial charge on any atom is 0.341 e. The second-order valence-electron chi connectivity index (χ2n) is 6.72. The van der Waals surface area contributed by atoms with Gasteiger partial charge in [0.05, 0.1) is 19.2 Å². The second-order valence-corrected chi connectivity index (χ2v) is 7.83. The van der Waals surface area contributed by atoms with Gasteiger partial charge in [-0.2, -0.15) is 0 Å². The molecule has 0 saturated heterocycles. The van der Waals surface area contributed by atoms with E-state index in [1.54, 1.807) is 4.90 Å². The largest absolute Gasteiger partial charge is 0.465 e. The number of nitrogens with zero attached hydrogens (tertiary/aromatic N) is 1. The number of carbonyl (C=O) groups is 3. The number of methoxy groups -OCH3 is 1. The number of hydrogen-bond acceptors (Lipinski definition) is 5. The minimum atomic E-state index is -0.473. The summed E-state index contributed by atoms with van der Waals surface area (Å²) in [6, 6.07) is 5.62. The highest BCUT2D eigenvalue weighted by molar-refractivity contribution is 7.17. The first-order valence-electron chi connectivity index (χ1n) is 8.68. The number of anilines is 1. The molecule has 0 aliphatic carbocycles. The Morgan fingerprint density at radius 1 is 1.15 bits per heavy atom. The molecule has 2 heterocycles. The van der Waals surface area contributed by atoms with Crippen LogP contribution in [0.25, 0.3) is 0 Å². The van der Waals surface area contributed by atoms with Crippen molar-refractivity contribution in [2.24, 2.45) is 0 Å². The summed E-state index contributed by atoms with van der Waals surface area (Å²) in [6.45, 7) is 6.39. The van der Waals surface area contributed by atoms with E-state index in [-0.39, 0.29) is 11.8 Å². The molecule has 142 valence electrons. The third kappa shape index (κ3) is 3.88. The Morgan fingerprint density at radius 2 is 1.81 bits per heavy atom. The smallest absolute Gasteiger partial charge is 0.341 e. The number of carbonyl (C=O) groups excluding carboxylic acids is 3. The lowest BCUT2D eigenvalue weighted by Crippen LogP contribution is -2.33. The van der Waals surface area contributed by atoms with Gasteiger partial charge in [-0.3, -0.25) is 9.59 Å². The molecule has 0 atom stereocenters. The molecule has 1 N–H and O–H groups in total. The lowest BCUT2D eigenvalue weighted by molar-refractivity contribution is -0.129. The Kier molecular flexibility index (Phi) is 5.32. The van der Waals surface area contributed by atoms with Crippen LogP contribution in [-0.2, 0) is 22.5 Å². The molecule has 2 aromatic rings. The van der Waals surface area contributed by atoms with Crippen LogP contribution in [0.4, 0.5) is 5.00 Å². The zero-order valence-electron chi connectivity index (χ0n) is 15.8. The van der Waals surface area contributed by atoms with Gasteiger partial charge in [0, 0.05) is 23.9 Å². The summed E-state index contributed by atoms with van der Waals surface area (Å²) in [5, 5.41) is 3.35. The van der Waals surface area contributed by atoms with Crippen LogP contribution in [0.3, 0.4) is 0 Å². The Hall–Kier alpha value is -2.67. The molecule has 3 rings (SSSR count). The standard InChI is InChI=1S/C20H22N2O4S/c1-11-7-12(2)9-14(8-11)18(24)21-19-17(20(25)26-4)15-5-6-22(13(3)23)10-16(15)27-19/h7-9H,5-6,10H2,1-4H3,(H,21,24). The fourth-order valence-corrected chi connectivity index (χ4v) is 4.61. The molecular weight excluding hydrogens is 364 g/mol. The number of thiophene rings is 1. The summed E-state index contributed by atoms with van der Waals surface area (Å²) in [5.41, 5.74) is 3.80. The predicted molar refractivity (Wildman–Crippen MR) is 104 cm³/mol. The van der Waals surface area contributed by atoms with Gasteiger partial charge in [-0.1, -0.05) is 17.2 Å². The average Bonchev–Trinajstić information content (AvgIpc) is 2.96. The first kappa shape index (κ1) is 19.1. The molecular formula is C20H22N2O4S. The van der Waals surface area contributed by atoms with Gasteiger partial charge in [0.25, 0.3) is 5.91 Å². The summed E-state index contributed by atoms with van der Waals surface area (Å²) in [6.07, 6.45) is 0.565. The molecule has 0 radical (unpaired) electrons. The van der Waals surface area contributed by atoms with Gasteiger partial charge in [-0.05, 0) is 38.0 Å². The number of fused-ring (bicyclic) bond motifs is 1. The summed E-state index contributed by atoms with van der Waals surface area (Å²) in [5.74, 6) is -0.747. The molecule has 7 heteroatoms. The average molecular weight is 386 g/mol. The van der Waals surface area contributed by atoms with Crippen molar-refractivity contribution in [3.63, 3.8) is 0 Å². The van der Waals surface area contributed by atoms with Crippen molar-refractivity contribution < 1.29 is 19.1 Å². The molecule has 1 aliphatic rings. The number of amides is 2. The highest BCUT2D eigenvalue weighted by Gasteiger charge is 2.30. The molecule has 2 amide bonds. The van der Waals surface area contributed by atoms with Crippen LogP contribution >= 0.6 is 11.3 Å².